The van der Waals surface area contributed by atoms with Crippen molar-refractivity contribution in [3.05, 3.63) is 64.9 Å². The Morgan fingerprint density at radius 3 is 2.38 bits per heavy atom. The lowest BCUT2D eigenvalue weighted by atomic mass is 9.80. The Labute approximate surface area is 340 Å². The first kappa shape index (κ1) is 43.9. The van der Waals surface area contributed by atoms with E-state index >= 15 is 0 Å². The van der Waals surface area contributed by atoms with Crippen LogP contribution in [0.15, 0.2) is 52.1 Å². The van der Waals surface area contributed by atoms with E-state index in [4.69, 9.17) is 31.1 Å². The van der Waals surface area contributed by atoms with Crippen LogP contribution in [0, 0.1) is 25.3 Å². The van der Waals surface area contributed by atoms with Gasteiger partial charge >= 0.3 is 12.3 Å². The largest absolute Gasteiger partial charge is 0.573 e. The Balaban J connectivity index is 1.59. The molecular formula is C44H56F3N7O4. The molecule has 2 atom stereocenters. The summed E-state index contributed by atoms with van der Waals surface area (Å²) in [6, 6.07) is 10.6. The number of aromatic nitrogens is 3. The molecule has 2 aliphatic rings. The Morgan fingerprint density at radius 1 is 1.00 bits per heavy atom. The van der Waals surface area contributed by atoms with Crippen molar-refractivity contribution in [2.45, 2.75) is 125 Å². The summed E-state index contributed by atoms with van der Waals surface area (Å²) in [7, 11) is 0. The lowest BCUT2D eigenvalue weighted by Gasteiger charge is -2.34. The van der Waals surface area contributed by atoms with Gasteiger partial charge in [-0.05, 0) is 93.3 Å². The van der Waals surface area contributed by atoms with Crippen molar-refractivity contribution < 1.29 is 32.2 Å². The Bertz CT molecular complexity index is 2010. The van der Waals surface area contributed by atoms with Gasteiger partial charge < -0.3 is 19.1 Å². The highest BCUT2D eigenvalue weighted by molar-refractivity contribution is 6.29. The number of hydrogen-bond donors (Lipinski definition) is 0. The maximum atomic E-state index is 14.2. The van der Waals surface area contributed by atoms with Gasteiger partial charge in [-0.25, -0.2) is 29.3 Å². The number of allylic oxidation sites excluding steroid dienone is 1. The molecule has 0 saturated heterocycles. The predicted molar refractivity (Wildman–Crippen MR) is 222 cm³/mol. The molecule has 0 N–H and O–H groups in total. The van der Waals surface area contributed by atoms with Crippen LogP contribution < -0.4 is 9.64 Å². The topological polar surface area (TPSA) is 108 Å². The number of rotatable bonds is 19. The molecule has 3 aromatic rings. The maximum absolute atomic E-state index is 14.2. The Kier molecular flexibility index (Phi) is 15.5. The molecule has 0 spiro atoms. The summed E-state index contributed by atoms with van der Waals surface area (Å²) in [6.45, 7) is 22.9. The van der Waals surface area contributed by atoms with E-state index in [0.29, 0.717) is 24.4 Å². The van der Waals surface area contributed by atoms with E-state index < -0.39 is 12.3 Å². The van der Waals surface area contributed by atoms with Crippen LogP contribution in [-0.4, -0.2) is 65.1 Å². The lowest BCUT2D eigenvalue weighted by Crippen LogP contribution is -2.35. The van der Waals surface area contributed by atoms with Gasteiger partial charge in [-0.2, -0.15) is 0 Å². The van der Waals surface area contributed by atoms with Crippen LogP contribution in [0.3, 0.4) is 0 Å². The molecule has 0 radical (unpaired) electrons. The minimum absolute atomic E-state index is 0.0298. The molecule has 0 bridgehead atoms. The average molecular weight is 804 g/mol. The molecule has 2 heterocycles. The summed E-state index contributed by atoms with van der Waals surface area (Å²) in [5.74, 6) is 0.108. The summed E-state index contributed by atoms with van der Waals surface area (Å²) >= 11 is 0. The number of aryl methyl sites for hydroxylation is 1. The van der Waals surface area contributed by atoms with E-state index in [1.807, 2.05) is 25.1 Å². The SMILES string of the molecule is [C-]#[N+]C1=C(C(=O)OC2C(C)CCCC2C)c2nc(-c3cc(OCCCCCCCC)ccc3N=COC(F)(F)F)nn2C1=Nc1ccc(N(CC)CCCC)cc1C. The van der Waals surface area contributed by atoms with Gasteiger partial charge in [0.2, 0.25) is 5.70 Å². The number of unbranched alkanes of at least 4 members (excludes halogenated alkanes) is 6. The summed E-state index contributed by atoms with van der Waals surface area (Å²) in [5, 5.41) is 4.75. The third-order valence-electron chi connectivity index (χ3n) is 10.8. The van der Waals surface area contributed by atoms with Crippen molar-refractivity contribution in [1.29, 1.82) is 0 Å². The van der Waals surface area contributed by atoms with Crippen LogP contribution in [0.25, 0.3) is 21.8 Å². The fraction of sp³-hybridized carbons (Fsp3) is 0.545. The minimum atomic E-state index is -4.94. The number of nitrogens with zero attached hydrogens (tertiary/aromatic N) is 7. The molecular weight excluding hydrogens is 748 g/mol. The van der Waals surface area contributed by atoms with Gasteiger partial charge in [-0.1, -0.05) is 72.6 Å². The van der Waals surface area contributed by atoms with Crippen LogP contribution in [0.2, 0.25) is 0 Å². The van der Waals surface area contributed by atoms with Crippen LogP contribution in [-0.2, 0) is 14.3 Å². The molecule has 1 aliphatic carbocycles. The van der Waals surface area contributed by atoms with Gasteiger partial charge in [-0.3, -0.25) is 0 Å². The second-order valence-electron chi connectivity index (χ2n) is 15.2. The van der Waals surface area contributed by atoms with Gasteiger partial charge in [0.25, 0.3) is 0 Å². The number of halogens is 3. The van der Waals surface area contributed by atoms with Crippen molar-refractivity contribution in [1.82, 2.24) is 14.8 Å². The summed E-state index contributed by atoms with van der Waals surface area (Å²) in [5.41, 5.74) is 2.62. The molecule has 5 rings (SSSR count). The van der Waals surface area contributed by atoms with E-state index in [1.54, 1.807) is 12.1 Å². The van der Waals surface area contributed by atoms with Crippen LogP contribution in [0.4, 0.5) is 30.2 Å². The predicted octanol–water partition coefficient (Wildman–Crippen LogP) is 11.4. The lowest BCUT2D eigenvalue weighted by molar-refractivity contribution is -0.280. The minimum Gasteiger partial charge on any atom is -0.494 e. The highest BCUT2D eigenvalue weighted by Gasteiger charge is 2.40. The first-order valence-electron chi connectivity index (χ1n) is 20.7. The summed E-state index contributed by atoms with van der Waals surface area (Å²) in [4.78, 5) is 34.0. The zero-order chi connectivity index (χ0) is 41.8. The standard InChI is InChI=1S/C44H56F3N7O4/c1-8-11-13-14-15-16-25-56-33-21-23-36(49-28-57-44(45,46)47)34(27-33)40-51-41-37(43(55)58-39-29(4)18-17-19-30(39)5)38(48-7)42(54(41)52-40)50-35-22-20-32(26-31(35)6)53(10-3)24-12-9-2/h20-23,26-30,39H,8-19,24-25H2,1-6H3. The Hall–Kier alpha value is -5.19. The zero-order valence-electron chi connectivity index (χ0n) is 34.6. The van der Waals surface area contributed by atoms with E-state index in [9.17, 15) is 18.0 Å². The van der Waals surface area contributed by atoms with E-state index in [2.05, 4.69) is 54.1 Å². The fourth-order valence-electron chi connectivity index (χ4n) is 7.52. The van der Waals surface area contributed by atoms with Gasteiger partial charge in [-0.15, -0.1) is 18.3 Å². The van der Waals surface area contributed by atoms with Crippen LogP contribution >= 0.6 is 0 Å². The number of ether oxygens (including phenoxy) is 3. The second kappa shape index (κ2) is 20.5. The molecule has 0 amide bonds. The highest BCUT2D eigenvalue weighted by Crippen LogP contribution is 2.39. The number of alkyl halides is 3. The third-order valence-corrected chi connectivity index (χ3v) is 10.8. The van der Waals surface area contributed by atoms with Gasteiger partial charge in [0.15, 0.2) is 23.9 Å². The number of carbonyl (C=O) groups is 1. The monoisotopic (exact) mass is 803 g/mol. The van der Waals surface area contributed by atoms with Crippen molar-refractivity contribution in [3.63, 3.8) is 0 Å². The summed E-state index contributed by atoms with van der Waals surface area (Å²) < 4.78 is 56.3. The summed E-state index contributed by atoms with van der Waals surface area (Å²) in [6.07, 6.45) is 6.44. The zero-order valence-corrected chi connectivity index (χ0v) is 34.6. The van der Waals surface area contributed by atoms with Crippen molar-refractivity contribution in [2.24, 2.45) is 21.8 Å². The van der Waals surface area contributed by atoms with E-state index in [0.717, 1.165) is 88.5 Å². The normalized spacial score (nSPS) is 18.8. The smallest absolute Gasteiger partial charge is 0.494 e. The van der Waals surface area contributed by atoms with Crippen molar-refractivity contribution >= 4 is 40.8 Å². The van der Waals surface area contributed by atoms with Crippen LogP contribution in [0.1, 0.15) is 117 Å². The highest BCUT2D eigenvalue weighted by atomic mass is 19.4. The molecule has 1 aliphatic heterocycles. The number of anilines is 1. The molecule has 1 saturated carbocycles. The first-order valence-corrected chi connectivity index (χ1v) is 20.7. The number of benzene rings is 2. The molecule has 14 heteroatoms. The molecule has 58 heavy (non-hydrogen) atoms. The molecule has 312 valence electrons. The third kappa shape index (κ3) is 11.0. The average Bonchev–Trinajstić information content (AvgIpc) is 3.74. The first-order chi connectivity index (χ1) is 27.9. The molecule has 2 unspecified atom stereocenters. The van der Waals surface area contributed by atoms with Gasteiger partial charge in [0.05, 0.1) is 30.1 Å². The number of hydrogen-bond acceptors (Lipinski definition) is 9. The van der Waals surface area contributed by atoms with Gasteiger partial charge in [0.1, 0.15) is 17.4 Å². The van der Waals surface area contributed by atoms with Crippen LogP contribution in [0.5, 0.6) is 5.75 Å². The molecule has 1 aromatic heterocycles. The number of fused-ring (bicyclic) bond motifs is 1. The number of esters is 1. The fourth-order valence-corrected chi connectivity index (χ4v) is 7.52. The van der Waals surface area contributed by atoms with E-state index in [-0.39, 0.29) is 57.9 Å². The second-order valence-corrected chi connectivity index (χ2v) is 15.2. The van der Waals surface area contributed by atoms with Gasteiger partial charge in [0, 0.05) is 18.8 Å². The Morgan fingerprint density at radius 2 is 1.71 bits per heavy atom. The molecule has 1 fully saturated rings. The van der Waals surface area contributed by atoms with Crippen molar-refractivity contribution in [3.8, 4) is 17.1 Å². The van der Waals surface area contributed by atoms with Crippen molar-refractivity contribution in [2.75, 3.05) is 24.6 Å². The number of aliphatic imine (C=N–C) groups is 2. The molecule has 2 aromatic carbocycles. The number of carbonyl (C=O) groups excluding carboxylic acids is 1. The maximum Gasteiger partial charge on any atom is 0.573 e. The quantitative estimate of drug-likeness (QED) is 0.0390. The van der Waals surface area contributed by atoms with E-state index in [1.165, 1.54) is 17.2 Å². The molecule has 11 nitrogen and oxygen atoms in total.